The molecule has 0 saturated heterocycles. The molecule has 1 aromatic carbocycles. The minimum Gasteiger partial charge on any atom is -0.384 e. The van der Waals surface area contributed by atoms with Crippen molar-refractivity contribution in [2.75, 3.05) is 25.2 Å². The number of hydrogen-bond acceptors (Lipinski definition) is 5. The molecular formula is C14H17N3OS. The summed E-state index contributed by atoms with van der Waals surface area (Å²) in [4.78, 5) is 6.91. The van der Waals surface area contributed by atoms with E-state index in [-0.39, 0.29) is 0 Å². The highest BCUT2D eigenvalue weighted by atomic mass is 32.1. The van der Waals surface area contributed by atoms with Crippen molar-refractivity contribution in [3.8, 4) is 0 Å². The zero-order chi connectivity index (χ0) is 13.1. The third kappa shape index (κ3) is 2.77. The smallest absolute Gasteiger partial charge is 0.205 e. The van der Waals surface area contributed by atoms with Gasteiger partial charge in [0, 0.05) is 38.2 Å². The van der Waals surface area contributed by atoms with Gasteiger partial charge in [-0.25, -0.2) is 4.98 Å². The van der Waals surface area contributed by atoms with E-state index < -0.39 is 0 Å². The molecule has 1 aromatic heterocycles. The van der Waals surface area contributed by atoms with Crippen LogP contribution < -0.4 is 4.90 Å². The number of hydrogen-bond donors (Lipinski definition) is 0. The number of fused-ring (bicyclic) bond motifs is 1. The summed E-state index contributed by atoms with van der Waals surface area (Å²) in [7, 11) is 1.70. The topological polar surface area (TPSA) is 38.2 Å². The maximum Gasteiger partial charge on any atom is 0.205 e. The first-order chi connectivity index (χ1) is 9.36. The predicted octanol–water partition coefficient (Wildman–Crippen LogP) is 2.29. The summed E-state index contributed by atoms with van der Waals surface area (Å²) < 4.78 is 9.45. The van der Waals surface area contributed by atoms with E-state index in [1.807, 2.05) is 0 Å². The molecule has 100 valence electrons. The molecule has 0 amide bonds. The Balaban J connectivity index is 1.72. The van der Waals surface area contributed by atoms with Crippen LogP contribution in [0.1, 0.15) is 17.0 Å². The average molecular weight is 275 g/mol. The van der Waals surface area contributed by atoms with Crippen molar-refractivity contribution in [3.05, 3.63) is 41.2 Å². The lowest BCUT2D eigenvalue weighted by Gasteiger charge is -2.27. The van der Waals surface area contributed by atoms with Gasteiger partial charge in [0.1, 0.15) is 5.82 Å². The van der Waals surface area contributed by atoms with E-state index in [0.717, 1.165) is 36.9 Å². The van der Waals surface area contributed by atoms with Gasteiger partial charge in [-0.3, -0.25) is 0 Å². The van der Waals surface area contributed by atoms with Crippen molar-refractivity contribution in [1.29, 1.82) is 0 Å². The molecular weight excluding hydrogens is 258 g/mol. The number of rotatable bonds is 4. The molecule has 0 radical (unpaired) electrons. The van der Waals surface area contributed by atoms with Gasteiger partial charge in [-0.1, -0.05) is 24.3 Å². The van der Waals surface area contributed by atoms with Gasteiger partial charge in [0.05, 0.1) is 6.61 Å². The Bertz CT molecular complexity index is 555. The van der Waals surface area contributed by atoms with Crippen molar-refractivity contribution in [2.24, 2.45) is 0 Å². The first-order valence-electron chi connectivity index (χ1n) is 6.50. The summed E-state index contributed by atoms with van der Waals surface area (Å²) >= 11 is 1.49. The van der Waals surface area contributed by atoms with Crippen molar-refractivity contribution in [1.82, 2.24) is 9.36 Å². The second-order valence-corrected chi connectivity index (χ2v) is 5.41. The lowest BCUT2D eigenvalue weighted by Crippen LogP contribution is -2.30. The number of ether oxygens (including phenoxy) is 1. The van der Waals surface area contributed by atoms with Crippen LogP contribution in [0.3, 0.4) is 0 Å². The van der Waals surface area contributed by atoms with Gasteiger partial charge >= 0.3 is 0 Å². The second-order valence-electron chi connectivity index (χ2n) is 4.68. The van der Waals surface area contributed by atoms with E-state index in [2.05, 4.69) is 38.5 Å². The van der Waals surface area contributed by atoms with Crippen molar-refractivity contribution in [3.63, 3.8) is 0 Å². The van der Waals surface area contributed by atoms with Crippen LogP contribution >= 0.6 is 11.5 Å². The van der Waals surface area contributed by atoms with Crippen molar-refractivity contribution in [2.45, 2.75) is 19.4 Å². The van der Waals surface area contributed by atoms with E-state index in [4.69, 9.17) is 4.74 Å². The Kier molecular flexibility index (Phi) is 3.75. The van der Waals surface area contributed by atoms with Crippen LogP contribution in [0.25, 0.3) is 0 Å². The Morgan fingerprint density at radius 3 is 3.00 bits per heavy atom. The van der Waals surface area contributed by atoms with Gasteiger partial charge in [0.15, 0.2) is 0 Å². The highest BCUT2D eigenvalue weighted by Gasteiger charge is 2.19. The fourth-order valence-corrected chi connectivity index (χ4v) is 3.06. The summed E-state index contributed by atoms with van der Waals surface area (Å²) in [6, 6.07) is 8.64. The number of methoxy groups -OCH3 is 1. The zero-order valence-electron chi connectivity index (χ0n) is 11.0. The van der Waals surface area contributed by atoms with E-state index in [1.54, 1.807) is 7.11 Å². The van der Waals surface area contributed by atoms with Crippen LogP contribution in [0.2, 0.25) is 0 Å². The van der Waals surface area contributed by atoms with Gasteiger partial charge in [-0.2, -0.15) is 4.37 Å². The summed E-state index contributed by atoms with van der Waals surface area (Å²) in [5.74, 6) is 0.890. The van der Waals surface area contributed by atoms with Gasteiger partial charge in [-0.05, 0) is 17.5 Å². The maximum absolute atomic E-state index is 5.06. The highest BCUT2D eigenvalue weighted by molar-refractivity contribution is 7.09. The molecule has 4 nitrogen and oxygen atoms in total. The number of aromatic nitrogens is 2. The first kappa shape index (κ1) is 12.6. The van der Waals surface area contributed by atoms with E-state index in [1.165, 1.54) is 22.7 Å². The molecule has 3 rings (SSSR count). The summed E-state index contributed by atoms with van der Waals surface area (Å²) in [6.45, 7) is 2.64. The molecule has 0 N–H and O–H groups in total. The number of benzene rings is 1. The monoisotopic (exact) mass is 275 g/mol. The third-order valence-corrected chi connectivity index (χ3v) is 4.20. The second kappa shape index (κ2) is 5.67. The SMILES string of the molecule is COCCc1nsc(N2CCc3ccccc3C2)n1. The fourth-order valence-electron chi connectivity index (χ4n) is 2.33. The van der Waals surface area contributed by atoms with E-state index >= 15 is 0 Å². The van der Waals surface area contributed by atoms with Crippen molar-refractivity contribution < 1.29 is 4.74 Å². The molecule has 0 spiro atoms. The Morgan fingerprint density at radius 1 is 1.32 bits per heavy atom. The summed E-state index contributed by atoms with van der Waals surface area (Å²) in [5, 5.41) is 1.03. The Hall–Kier alpha value is -1.46. The molecule has 1 aliphatic rings. The molecule has 1 aliphatic heterocycles. The minimum atomic E-state index is 0.680. The first-order valence-corrected chi connectivity index (χ1v) is 7.27. The third-order valence-electron chi connectivity index (χ3n) is 3.39. The van der Waals surface area contributed by atoms with E-state index in [0.29, 0.717) is 6.61 Å². The molecule has 0 aliphatic carbocycles. The maximum atomic E-state index is 5.06. The normalized spacial score (nSPS) is 14.5. The Labute approximate surface area is 117 Å². The number of nitrogens with zero attached hydrogens (tertiary/aromatic N) is 3. The summed E-state index contributed by atoms with van der Waals surface area (Å²) in [5.41, 5.74) is 2.87. The lowest BCUT2D eigenvalue weighted by molar-refractivity contribution is 0.201. The molecule has 0 bridgehead atoms. The zero-order valence-corrected chi connectivity index (χ0v) is 11.8. The van der Waals surface area contributed by atoms with Gasteiger partial charge in [0.25, 0.3) is 0 Å². The van der Waals surface area contributed by atoms with E-state index in [9.17, 15) is 0 Å². The van der Waals surface area contributed by atoms with Crippen molar-refractivity contribution >= 4 is 16.7 Å². The van der Waals surface area contributed by atoms with Crippen LogP contribution in [0.4, 0.5) is 5.13 Å². The van der Waals surface area contributed by atoms with Crippen LogP contribution in [0.15, 0.2) is 24.3 Å². The number of anilines is 1. The molecule has 0 saturated carbocycles. The predicted molar refractivity (Wildman–Crippen MR) is 76.7 cm³/mol. The quantitative estimate of drug-likeness (QED) is 0.858. The summed E-state index contributed by atoms with van der Waals surface area (Å²) in [6.07, 6.45) is 1.88. The highest BCUT2D eigenvalue weighted by Crippen LogP contribution is 2.25. The standard InChI is InChI=1S/C14H17N3OS/c1-18-9-7-13-15-14(19-16-13)17-8-6-11-4-2-3-5-12(11)10-17/h2-5H,6-10H2,1H3. The molecule has 5 heteroatoms. The van der Waals surface area contributed by atoms with Crippen LogP contribution in [-0.2, 0) is 24.1 Å². The lowest BCUT2D eigenvalue weighted by atomic mass is 10.0. The largest absolute Gasteiger partial charge is 0.384 e. The van der Waals surface area contributed by atoms with Gasteiger partial charge < -0.3 is 9.64 Å². The molecule has 0 unspecified atom stereocenters. The molecule has 2 aromatic rings. The van der Waals surface area contributed by atoms with Crippen LogP contribution in [0, 0.1) is 0 Å². The molecule has 0 atom stereocenters. The Morgan fingerprint density at radius 2 is 2.16 bits per heavy atom. The molecule has 0 fully saturated rings. The molecule has 19 heavy (non-hydrogen) atoms. The molecule has 2 heterocycles. The van der Waals surface area contributed by atoms with Crippen LogP contribution in [0.5, 0.6) is 0 Å². The average Bonchev–Trinajstić information content (AvgIpc) is 2.93. The fraction of sp³-hybridized carbons (Fsp3) is 0.429. The minimum absolute atomic E-state index is 0.680. The van der Waals surface area contributed by atoms with Gasteiger partial charge in [-0.15, -0.1) is 0 Å². The van der Waals surface area contributed by atoms with Gasteiger partial charge in [0.2, 0.25) is 5.13 Å². The van der Waals surface area contributed by atoms with Crippen LogP contribution in [-0.4, -0.2) is 29.6 Å².